The van der Waals surface area contributed by atoms with E-state index in [1.807, 2.05) is 31.2 Å². The predicted molar refractivity (Wildman–Crippen MR) is 97.8 cm³/mol. The maximum Gasteiger partial charge on any atom is 0.325 e. The third-order valence-corrected chi connectivity index (χ3v) is 5.84. The van der Waals surface area contributed by atoms with E-state index in [0.29, 0.717) is 32.5 Å². The lowest BCUT2D eigenvalue weighted by Crippen LogP contribution is -2.57. The summed E-state index contributed by atoms with van der Waals surface area (Å²) in [7, 11) is 0. The summed E-state index contributed by atoms with van der Waals surface area (Å²) in [4.78, 5) is 41.0. The molecule has 3 aliphatic rings. The van der Waals surface area contributed by atoms with Gasteiger partial charge in [0, 0.05) is 19.7 Å². The molecule has 1 spiro atoms. The van der Waals surface area contributed by atoms with E-state index < -0.39 is 5.54 Å². The summed E-state index contributed by atoms with van der Waals surface area (Å²) in [6.45, 7) is 3.83. The van der Waals surface area contributed by atoms with Crippen LogP contribution in [0.3, 0.4) is 0 Å². The molecule has 27 heavy (non-hydrogen) atoms. The van der Waals surface area contributed by atoms with Crippen LogP contribution in [0.2, 0.25) is 0 Å². The normalized spacial score (nSPS) is 24.6. The molecule has 1 atom stereocenters. The van der Waals surface area contributed by atoms with E-state index in [0.717, 1.165) is 24.0 Å². The Morgan fingerprint density at radius 1 is 1.22 bits per heavy atom. The largest absolute Gasteiger partial charge is 0.368 e. The van der Waals surface area contributed by atoms with Gasteiger partial charge in [0.05, 0.1) is 6.54 Å². The number of benzene rings is 1. The summed E-state index contributed by atoms with van der Waals surface area (Å²) >= 11 is 0. The topological polar surface area (TPSA) is 79.0 Å². The van der Waals surface area contributed by atoms with Crippen LogP contribution in [0.4, 0.5) is 4.79 Å². The van der Waals surface area contributed by atoms with E-state index in [1.54, 1.807) is 4.90 Å². The first-order valence-corrected chi connectivity index (χ1v) is 9.59. The minimum absolute atomic E-state index is 0.00985. The van der Waals surface area contributed by atoms with Crippen molar-refractivity contribution in [3.8, 4) is 0 Å². The lowest BCUT2D eigenvalue weighted by molar-refractivity contribution is -0.145. The van der Waals surface area contributed by atoms with Crippen LogP contribution in [0.5, 0.6) is 0 Å². The average molecular weight is 371 g/mol. The highest BCUT2D eigenvalue weighted by Gasteiger charge is 2.52. The SMILES string of the molecule is Cc1ccc(CN2C(=O)NC3(CCN(C(=O)C4CCCO4)CC3)C2=O)cc1. The van der Waals surface area contributed by atoms with Crippen molar-refractivity contribution >= 4 is 17.8 Å². The van der Waals surface area contributed by atoms with Crippen LogP contribution < -0.4 is 5.32 Å². The van der Waals surface area contributed by atoms with Crippen molar-refractivity contribution < 1.29 is 19.1 Å². The Balaban J connectivity index is 1.41. The number of hydrogen-bond acceptors (Lipinski definition) is 4. The highest BCUT2D eigenvalue weighted by Crippen LogP contribution is 2.31. The summed E-state index contributed by atoms with van der Waals surface area (Å²) in [6.07, 6.45) is 2.23. The summed E-state index contributed by atoms with van der Waals surface area (Å²) in [5, 5.41) is 2.90. The van der Waals surface area contributed by atoms with Gasteiger partial charge in [-0.2, -0.15) is 0 Å². The third kappa shape index (κ3) is 3.32. The molecule has 0 saturated carbocycles. The molecule has 1 unspecified atom stereocenters. The van der Waals surface area contributed by atoms with Crippen molar-refractivity contribution in [1.82, 2.24) is 15.1 Å². The number of amides is 4. The van der Waals surface area contributed by atoms with Gasteiger partial charge in [0.1, 0.15) is 11.6 Å². The van der Waals surface area contributed by atoms with Gasteiger partial charge in [-0.1, -0.05) is 29.8 Å². The molecule has 1 N–H and O–H groups in total. The molecular weight excluding hydrogens is 346 g/mol. The molecule has 7 nitrogen and oxygen atoms in total. The van der Waals surface area contributed by atoms with E-state index in [9.17, 15) is 14.4 Å². The van der Waals surface area contributed by atoms with E-state index in [4.69, 9.17) is 4.74 Å². The maximum absolute atomic E-state index is 13.0. The molecule has 7 heteroatoms. The Labute approximate surface area is 158 Å². The molecule has 4 rings (SSSR count). The number of imide groups is 1. The van der Waals surface area contributed by atoms with Crippen molar-refractivity contribution in [3.05, 3.63) is 35.4 Å². The Hall–Kier alpha value is -2.41. The maximum atomic E-state index is 13.0. The summed E-state index contributed by atoms with van der Waals surface area (Å²) in [6, 6.07) is 7.46. The zero-order valence-corrected chi connectivity index (χ0v) is 15.6. The van der Waals surface area contributed by atoms with Gasteiger partial charge in [-0.15, -0.1) is 0 Å². The minimum Gasteiger partial charge on any atom is -0.368 e. The number of nitrogens with one attached hydrogen (secondary N) is 1. The first kappa shape index (κ1) is 18.0. The van der Waals surface area contributed by atoms with E-state index in [-0.39, 0.29) is 30.5 Å². The standard InChI is InChI=1S/C20H25N3O4/c1-14-4-6-15(7-5-14)13-23-18(25)20(21-19(23)26)8-10-22(11-9-20)17(24)16-3-2-12-27-16/h4-7,16H,2-3,8-13H2,1H3,(H,21,26). The zero-order chi connectivity index (χ0) is 19.0. The second-order valence-corrected chi connectivity index (χ2v) is 7.72. The predicted octanol–water partition coefficient (Wildman–Crippen LogP) is 1.59. The molecule has 0 aromatic heterocycles. The van der Waals surface area contributed by atoms with E-state index >= 15 is 0 Å². The van der Waals surface area contributed by atoms with Crippen LogP contribution in [0, 0.1) is 6.92 Å². The summed E-state index contributed by atoms with van der Waals surface area (Å²) in [5.74, 6) is -0.173. The van der Waals surface area contributed by atoms with Gasteiger partial charge >= 0.3 is 6.03 Å². The number of urea groups is 1. The molecule has 3 saturated heterocycles. The monoisotopic (exact) mass is 371 g/mol. The first-order chi connectivity index (χ1) is 13.0. The molecule has 0 aliphatic carbocycles. The minimum atomic E-state index is -0.880. The van der Waals surface area contributed by atoms with Crippen LogP contribution in [-0.4, -0.2) is 59.0 Å². The number of hydrogen-bond donors (Lipinski definition) is 1. The number of carbonyl (C=O) groups is 3. The van der Waals surface area contributed by atoms with E-state index in [1.165, 1.54) is 4.90 Å². The van der Waals surface area contributed by atoms with Gasteiger partial charge in [0.2, 0.25) is 0 Å². The van der Waals surface area contributed by atoms with Crippen molar-refractivity contribution in [2.75, 3.05) is 19.7 Å². The highest BCUT2D eigenvalue weighted by atomic mass is 16.5. The fourth-order valence-corrected chi connectivity index (χ4v) is 4.12. The van der Waals surface area contributed by atoms with E-state index in [2.05, 4.69) is 5.32 Å². The van der Waals surface area contributed by atoms with Gasteiger partial charge in [-0.3, -0.25) is 14.5 Å². The molecule has 1 aromatic carbocycles. The number of aryl methyl sites for hydroxylation is 1. The van der Waals surface area contributed by atoms with Crippen LogP contribution in [0.25, 0.3) is 0 Å². The summed E-state index contributed by atoms with van der Waals surface area (Å²) < 4.78 is 5.48. The summed E-state index contributed by atoms with van der Waals surface area (Å²) in [5.41, 5.74) is 1.18. The quantitative estimate of drug-likeness (QED) is 0.819. The first-order valence-electron chi connectivity index (χ1n) is 9.59. The number of rotatable bonds is 3. The number of nitrogens with zero attached hydrogens (tertiary/aromatic N) is 2. The van der Waals surface area contributed by atoms with Gasteiger partial charge in [-0.05, 0) is 38.2 Å². The molecule has 3 fully saturated rings. The van der Waals surface area contributed by atoms with Crippen LogP contribution in [-0.2, 0) is 20.9 Å². The number of likely N-dealkylation sites (tertiary alicyclic amines) is 1. The van der Waals surface area contributed by atoms with Crippen LogP contribution >= 0.6 is 0 Å². The Kier molecular flexibility index (Phi) is 4.63. The highest BCUT2D eigenvalue weighted by molar-refractivity contribution is 6.07. The Morgan fingerprint density at radius 2 is 1.93 bits per heavy atom. The average Bonchev–Trinajstić information content (AvgIpc) is 3.28. The molecule has 4 amide bonds. The number of piperidine rings is 1. The van der Waals surface area contributed by atoms with Gasteiger partial charge < -0.3 is 15.0 Å². The fraction of sp³-hybridized carbons (Fsp3) is 0.550. The van der Waals surface area contributed by atoms with Crippen molar-refractivity contribution in [3.63, 3.8) is 0 Å². The smallest absolute Gasteiger partial charge is 0.325 e. The van der Waals surface area contributed by atoms with Crippen LogP contribution in [0.15, 0.2) is 24.3 Å². The van der Waals surface area contributed by atoms with Crippen molar-refractivity contribution in [1.29, 1.82) is 0 Å². The van der Waals surface area contributed by atoms with Crippen molar-refractivity contribution in [2.45, 2.75) is 50.8 Å². The Bertz CT molecular complexity index is 747. The second kappa shape index (κ2) is 6.96. The van der Waals surface area contributed by atoms with Crippen LogP contribution in [0.1, 0.15) is 36.8 Å². The molecule has 3 aliphatic heterocycles. The lowest BCUT2D eigenvalue weighted by Gasteiger charge is -2.38. The van der Waals surface area contributed by atoms with Crippen molar-refractivity contribution in [2.24, 2.45) is 0 Å². The molecular formula is C20H25N3O4. The lowest BCUT2D eigenvalue weighted by atomic mass is 9.87. The van der Waals surface area contributed by atoms with Gasteiger partial charge in [-0.25, -0.2) is 4.79 Å². The molecule has 3 heterocycles. The molecule has 144 valence electrons. The third-order valence-electron chi connectivity index (χ3n) is 5.84. The molecule has 1 aromatic rings. The number of ether oxygens (including phenoxy) is 1. The zero-order valence-electron chi connectivity index (χ0n) is 15.6. The Morgan fingerprint density at radius 3 is 2.56 bits per heavy atom. The fourth-order valence-electron chi connectivity index (χ4n) is 4.12. The van der Waals surface area contributed by atoms with Gasteiger partial charge in [0.15, 0.2) is 0 Å². The second-order valence-electron chi connectivity index (χ2n) is 7.72. The van der Waals surface area contributed by atoms with Gasteiger partial charge in [0.25, 0.3) is 11.8 Å². The molecule has 0 radical (unpaired) electrons. The number of carbonyl (C=O) groups excluding carboxylic acids is 3. The molecule has 0 bridgehead atoms.